The number of fused-ring (bicyclic) bond motifs is 1. The normalized spacial score (nSPS) is 17.7. The monoisotopic (exact) mass is 440 g/mol. The molecule has 1 aliphatic heterocycles. The van der Waals surface area contributed by atoms with E-state index >= 15 is 0 Å². The van der Waals surface area contributed by atoms with E-state index in [-0.39, 0.29) is 29.2 Å². The first-order chi connectivity index (χ1) is 14.6. The fraction of sp³-hybridized carbons (Fsp3) is 0.375. The molecule has 0 radical (unpaired) electrons. The molecule has 1 aromatic heterocycles. The van der Waals surface area contributed by atoms with Gasteiger partial charge in [-0.3, -0.25) is 4.79 Å². The van der Waals surface area contributed by atoms with Crippen molar-refractivity contribution in [1.29, 1.82) is 0 Å². The maximum atomic E-state index is 13.6. The summed E-state index contributed by atoms with van der Waals surface area (Å²) in [6.07, 6.45) is 0.447. The van der Waals surface area contributed by atoms with Crippen LogP contribution in [0.4, 0.5) is 5.69 Å². The van der Waals surface area contributed by atoms with E-state index in [9.17, 15) is 13.2 Å². The van der Waals surface area contributed by atoms with Gasteiger partial charge in [0.25, 0.3) is 5.91 Å². The van der Waals surface area contributed by atoms with E-state index in [2.05, 4.69) is 0 Å². The number of hydrogen-bond acceptors (Lipinski definition) is 5. The van der Waals surface area contributed by atoms with Crippen molar-refractivity contribution >= 4 is 32.4 Å². The van der Waals surface area contributed by atoms with Gasteiger partial charge in [0.15, 0.2) is 15.6 Å². The number of rotatable bonds is 5. The molecule has 0 unspecified atom stereocenters. The van der Waals surface area contributed by atoms with Crippen molar-refractivity contribution in [1.82, 2.24) is 4.90 Å². The summed E-state index contributed by atoms with van der Waals surface area (Å²) < 4.78 is 30.3. The SMILES string of the molecule is Cc1ccc2oc(C(=O)N(Cc3ccc(N(C)C)cc3)[C@@H]3CCS(=O)(=O)C3)c(C)c2c1. The lowest BCUT2D eigenvalue weighted by molar-refractivity contribution is 0.0649. The van der Waals surface area contributed by atoms with E-state index in [1.165, 1.54) is 0 Å². The number of sulfone groups is 1. The summed E-state index contributed by atoms with van der Waals surface area (Å²) in [6, 6.07) is 13.4. The Morgan fingerprint density at radius 2 is 1.81 bits per heavy atom. The second-order valence-electron chi connectivity index (χ2n) is 8.61. The fourth-order valence-corrected chi connectivity index (χ4v) is 5.88. The van der Waals surface area contributed by atoms with Crippen LogP contribution in [0.15, 0.2) is 46.9 Å². The summed E-state index contributed by atoms with van der Waals surface area (Å²) in [7, 11) is 0.807. The average Bonchev–Trinajstić information content (AvgIpc) is 3.25. The number of carbonyl (C=O) groups is 1. The summed E-state index contributed by atoms with van der Waals surface area (Å²) in [6.45, 7) is 4.22. The van der Waals surface area contributed by atoms with Gasteiger partial charge >= 0.3 is 0 Å². The first-order valence-corrected chi connectivity index (χ1v) is 12.2. The lowest BCUT2D eigenvalue weighted by atomic mass is 10.1. The van der Waals surface area contributed by atoms with Crippen molar-refractivity contribution in [3.8, 4) is 0 Å². The molecule has 0 N–H and O–H groups in total. The van der Waals surface area contributed by atoms with Crippen LogP contribution in [0.1, 0.15) is 33.7 Å². The van der Waals surface area contributed by atoms with Gasteiger partial charge in [-0.1, -0.05) is 23.8 Å². The molecule has 0 bridgehead atoms. The summed E-state index contributed by atoms with van der Waals surface area (Å²) in [5, 5.41) is 0.915. The Kier molecular flexibility index (Phi) is 5.56. The van der Waals surface area contributed by atoms with Crippen LogP contribution in [0.25, 0.3) is 11.0 Å². The molecule has 164 valence electrons. The van der Waals surface area contributed by atoms with Crippen molar-refractivity contribution in [2.75, 3.05) is 30.5 Å². The zero-order valence-electron chi connectivity index (χ0n) is 18.4. The van der Waals surface area contributed by atoms with Crippen molar-refractivity contribution < 1.29 is 17.6 Å². The highest BCUT2D eigenvalue weighted by atomic mass is 32.2. The van der Waals surface area contributed by atoms with Crippen molar-refractivity contribution in [3.63, 3.8) is 0 Å². The Morgan fingerprint density at radius 1 is 1.10 bits per heavy atom. The smallest absolute Gasteiger partial charge is 0.290 e. The zero-order chi connectivity index (χ0) is 22.3. The van der Waals surface area contributed by atoms with Crippen LogP contribution >= 0.6 is 0 Å². The molecular formula is C24H28N2O4S. The minimum atomic E-state index is -3.14. The average molecular weight is 441 g/mol. The van der Waals surface area contributed by atoms with E-state index in [1.807, 2.05) is 75.3 Å². The number of carbonyl (C=O) groups excluding carboxylic acids is 1. The molecule has 3 aromatic rings. The molecule has 1 fully saturated rings. The van der Waals surface area contributed by atoms with Gasteiger partial charge in [-0.15, -0.1) is 0 Å². The molecule has 0 saturated carbocycles. The van der Waals surface area contributed by atoms with Crippen LogP contribution in [0.3, 0.4) is 0 Å². The number of anilines is 1. The highest BCUT2D eigenvalue weighted by Crippen LogP contribution is 2.30. The molecular weight excluding hydrogens is 412 g/mol. The third-order valence-electron chi connectivity index (χ3n) is 6.00. The number of nitrogens with zero attached hydrogens (tertiary/aromatic N) is 2. The second kappa shape index (κ2) is 8.04. The van der Waals surface area contributed by atoms with Crippen molar-refractivity contribution in [2.45, 2.75) is 32.9 Å². The Bertz CT molecular complexity index is 1230. The van der Waals surface area contributed by atoms with Gasteiger partial charge in [0.1, 0.15) is 5.58 Å². The van der Waals surface area contributed by atoms with E-state index < -0.39 is 9.84 Å². The van der Waals surface area contributed by atoms with Gasteiger partial charge < -0.3 is 14.2 Å². The Morgan fingerprint density at radius 3 is 2.42 bits per heavy atom. The van der Waals surface area contributed by atoms with Gasteiger partial charge in [0.05, 0.1) is 11.5 Å². The van der Waals surface area contributed by atoms with Gasteiger partial charge in [0, 0.05) is 43.3 Å². The highest BCUT2D eigenvalue weighted by molar-refractivity contribution is 7.91. The standard InChI is InChI=1S/C24H28N2O4S/c1-16-5-10-22-21(13-16)17(2)23(30-22)24(27)26(20-11-12-31(28,29)15-20)14-18-6-8-19(9-7-18)25(3)4/h5-10,13,20H,11-12,14-15H2,1-4H3/t20-/m1/s1. The minimum Gasteiger partial charge on any atom is -0.451 e. The first-order valence-electron chi connectivity index (χ1n) is 10.4. The van der Waals surface area contributed by atoms with E-state index in [0.717, 1.165) is 27.8 Å². The molecule has 4 rings (SSSR count). The molecule has 1 saturated heterocycles. The number of hydrogen-bond donors (Lipinski definition) is 0. The van der Waals surface area contributed by atoms with E-state index in [1.54, 1.807) is 4.90 Å². The Balaban J connectivity index is 1.70. The van der Waals surface area contributed by atoms with Crippen LogP contribution in [0.5, 0.6) is 0 Å². The molecule has 31 heavy (non-hydrogen) atoms. The molecule has 1 atom stereocenters. The topological polar surface area (TPSA) is 70.8 Å². The maximum Gasteiger partial charge on any atom is 0.290 e. The lowest BCUT2D eigenvalue weighted by Crippen LogP contribution is -2.40. The number of aryl methyl sites for hydroxylation is 2. The molecule has 1 aliphatic rings. The van der Waals surface area contributed by atoms with Gasteiger partial charge in [-0.05, 0) is 50.1 Å². The predicted octanol–water partition coefficient (Wildman–Crippen LogP) is 3.95. The lowest BCUT2D eigenvalue weighted by Gasteiger charge is -2.28. The molecule has 1 amide bonds. The maximum absolute atomic E-state index is 13.6. The third kappa shape index (κ3) is 4.32. The molecule has 2 heterocycles. The van der Waals surface area contributed by atoms with Crippen molar-refractivity contribution in [2.24, 2.45) is 0 Å². The van der Waals surface area contributed by atoms with E-state index in [4.69, 9.17) is 4.42 Å². The fourth-order valence-electron chi connectivity index (χ4n) is 4.15. The molecule has 6 nitrogen and oxygen atoms in total. The zero-order valence-corrected chi connectivity index (χ0v) is 19.2. The molecule has 7 heteroatoms. The third-order valence-corrected chi connectivity index (χ3v) is 7.75. The molecule has 2 aromatic carbocycles. The summed E-state index contributed by atoms with van der Waals surface area (Å²) >= 11 is 0. The number of furan rings is 1. The Hall–Kier alpha value is -2.80. The highest BCUT2D eigenvalue weighted by Gasteiger charge is 2.36. The first kappa shape index (κ1) is 21.4. The Labute approximate surface area is 183 Å². The van der Waals surface area contributed by atoms with Crippen molar-refractivity contribution in [3.05, 3.63) is 64.9 Å². The van der Waals surface area contributed by atoms with Crippen LogP contribution in [-0.2, 0) is 16.4 Å². The van der Waals surface area contributed by atoms with Crippen LogP contribution in [0.2, 0.25) is 0 Å². The number of amides is 1. The largest absolute Gasteiger partial charge is 0.451 e. The van der Waals surface area contributed by atoms with Crippen LogP contribution in [0, 0.1) is 13.8 Å². The second-order valence-corrected chi connectivity index (χ2v) is 10.8. The van der Waals surface area contributed by atoms with Gasteiger partial charge in [0.2, 0.25) is 0 Å². The molecule has 0 aliphatic carbocycles. The summed E-state index contributed by atoms with van der Waals surface area (Å²) in [5.41, 5.74) is 4.56. The van der Waals surface area contributed by atoms with Gasteiger partial charge in [-0.2, -0.15) is 0 Å². The summed E-state index contributed by atoms with van der Waals surface area (Å²) in [4.78, 5) is 17.3. The summed E-state index contributed by atoms with van der Waals surface area (Å²) in [5.74, 6) is 0.131. The number of benzene rings is 2. The minimum absolute atomic E-state index is 0.00704. The van der Waals surface area contributed by atoms with Crippen LogP contribution < -0.4 is 4.90 Å². The quantitative estimate of drug-likeness (QED) is 0.601. The predicted molar refractivity (Wildman–Crippen MR) is 123 cm³/mol. The van der Waals surface area contributed by atoms with Crippen LogP contribution in [-0.4, -0.2) is 50.9 Å². The van der Waals surface area contributed by atoms with Gasteiger partial charge in [-0.25, -0.2) is 8.42 Å². The van der Waals surface area contributed by atoms with E-state index in [0.29, 0.717) is 18.5 Å². The molecule has 0 spiro atoms.